The highest BCUT2D eigenvalue weighted by Gasteiger charge is 2.28. The highest BCUT2D eigenvalue weighted by atomic mass is 35.5. The van der Waals surface area contributed by atoms with Crippen LogP contribution in [0.3, 0.4) is 0 Å². The Morgan fingerprint density at radius 1 is 1.14 bits per heavy atom. The largest absolute Gasteiger partial charge is 0.492 e. The molecule has 152 valence electrons. The van der Waals surface area contributed by atoms with E-state index in [0.29, 0.717) is 29.4 Å². The highest BCUT2D eigenvalue weighted by molar-refractivity contribution is 7.93. The van der Waals surface area contributed by atoms with Gasteiger partial charge < -0.3 is 4.74 Å². The monoisotopic (exact) mass is 444 g/mol. The van der Waals surface area contributed by atoms with Gasteiger partial charge in [-0.05, 0) is 62.2 Å². The van der Waals surface area contributed by atoms with E-state index in [0.717, 1.165) is 6.42 Å². The second-order valence-electron chi connectivity index (χ2n) is 6.27. The summed E-state index contributed by atoms with van der Waals surface area (Å²) in [5, 5.41) is 0.482. The number of ether oxygens (including phenoxy) is 1. The van der Waals surface area contributed by atoms with Gasteiger partial charge in [0.2, 0.25) is 10.0 Å². The molecule has 1 aliphatic heterocycles. The fourth-order valence-corrected chi connectivity index (χ4v) is 5.92. The third kappa shape index (κ3) is 4.53. The molecule has 0 atom stereocenters. The molecule has 1 fully saturated rings. The number of halogens is 1. The van der Waals surface area contributed by atoms with Crippen LogP contribution >= 0.6 is 11.6 Å². The molecule has 2 aromatic rings. The van der Waals surface area contributed by atoms with Crippen LogP contribution in [-0.4, -0.2) is 35.7 Å². The van der Waals surface area contributed by atoms with Crippen molar-refractivity contribution in [3.63, 3.8) is 0 Å². The molecular weight excluding hydrogens is 424 g/mol. The number of sulfonamides is 2. The van der Waals surface area contributed by atoms with Gasteiger partial charge in [-0.1, -0.05) is 11.6 Å². The number of nitrogens with one attached hydrogen (secondary N) is 1. The van der Waals surface area contributed by atoms with E-state index >= 15 is 0 Å². The van der Waals surface area contributed by atoms with Crippen LogP contribution in [0.1, 0.15) is 19.8 Å². The minimum Gasteiger partial charge on any atom is -0.492 e. The number of nitrogens with zero attached hydrogens (tertiary/aromatic N) is 1. The van der Waals surface area contributed by atoms with Crippen LogP contribution in [0.4, 0.5) is 11.4 Å². The molecule has 7 nitrogen and oxygen atoms in total. The lowest BCUT2D eigenvalue weighted by atomic mass is 10.2. The fourth-order valence-electron chi connectivity index (χ4n) is 2.94. The van der Waals surface area contributed by atoms with E-state index in [1.807, 2.05) is 0 Å². The summed E-state index contributed by atoms with van der Waals surface area (Å²) in [6.07, 6.45) is 1.32. The lowest BCUT2D eigenvalue weighted by molar-refractivity contribution is 0.331. The zero-order chi connectivity index (χ0) is 20.4. The third-order valence-corrected chi connectivity index (χ3v) is 7.77. The number of hydrogen-bond donors (Lipinski definition) is 1. The molecule has 0 saturated carbocycles. The van der Waals surface area contributed by atoms with Gasteiger partial charge in [-0.2, -0.15) is 0 Å². The molecule has 0 aliphatic carbocycles. The van der Waals surface area contributed by atoms with E-state index in [2.05, 4.69) is 4.72 Å². The predicted molar refractivity (Wildman–Crippen MR) is 110 cm³/mol. The summed E-state index contributed by atoms with van der Waals surface area (Å²) in [6, 6.07) is 10.6. The van der Waals surface area contributed by atoms with Gasteiger partial charge in [0, 0.05) is 17.3 Å². The van der Waals surface area contributed by atoms with E-state index in [-0.39, 0.29) is 23.0 Å². The normalized spacial score (nSPS) is 16.6. The number of hydrogen-bond acceptors (Lipinski definition) is 5. The first kappa shape index (κ1) is 20.8. The van der Waals surface area contributed by atoms with Crippen molar-refractivity contribution in [1.82, 2.24) is 0 Å². The van der Waals surface area contributed by atoms with Crippen molar-refractivity contribution in [3.05, 3.63) is 47.5 Å². The Morgan fingerprint density at radius 2 is 1.86 bits per heavy atom. The summed E-state index contributed by atoms with van der Waals surface area (Å²) in [5.74, 6) is 0.202. The zero-order valence-electron chi connectivity index (χ0n) is 15.3. The topological polar surface area (TPSA) is 92.8 Å². The minimum atomic E-state index is -4.02. The Kier molecular flexibility index (Phi) is 6.07. The molecule has 3 rings (SSSR count). The molecule has 10 heteroatoms. The Hall–Kier alpha value is -1.97. The maximum absolute atomic E-state index is 13.0. The van der Waals surface area contributed by atoms with E-state index in [9.17, 15) is 16.8 Å². The van der Waals surface area contributed by atoms with Crippen LogP contribution < -0.4 is 13.8 Å². The molecule has 0 bridgehead atoms. The molecular formula is C18H21ClN2O5S2. The molecule has 1 aliphatic rings. The zero-order valence-corrected chi connectivity index (χ0v) is 17.6. The van der Waals surface area contributed by atoms with E-state index in [1.54, 1.807) is 37.3 Å². The molecule has 1 N–H and O–H groups in total. The van der Waals surface area contributed by atoms with Crippen LogP contribution in [0.15, 0.2) is 47.4 Å². The first-order valence-corrected chi connectivity index (χ1v) is 12.3. The molecule has 1 heterocycles. The quantitative estimate of drug-likeness (QED) is 0.736. The Bertz CT molecular complexity index is 1050. The molecule has 0 aromatic heterocycles. The molecule has 28 heavy (non-hydrogen) atoms. The highest BCUT2D eigenvalue weighted by Crippen LogP contribution is 2.33. The summed E-state index contributed by atoms with van der Waals surface area (Å²) >= 11 is 5.84. The van der Waals surface area contributed by atoms with Crippen LogP contribution in [0.2, 0.25) is 5.02 Å². The van der Waals surface area contributed by atoms with Gasteiger partial charge in [0.25, 0.3) is 10.0 Å². The first-order valence-electron chi connectivity index (χ1n) is 8.78. The minimum absolute atomic E-state index is 0.0469. The Morgan fingerprint density at radius 3 is 2.50 bits per heavy atom. The standard InChI is InChI=1S/C18H21ClN2O5S2/c1-2-26-17-10-9-16(21-11-3-4-12-27(21,22)23)13-18(17)28(24,25)20-15-7-5-14(19)6-8-15/h5-10,13,20H,2-4,11-12H2,1H3. The lowest BCUT2D eigenvalue weighted by Crippen LogP contribution is -2.37. The summed E-state index contributed by atoms with van der Waals surface area (Å²) in [4.78, 5) is -0.123. The first-order chi connectivity index (χ1) is 13.2. The van der Waals surface area contributed by atoms with Crippen molar-refractivity contribution in [2.75, 3.05) is 27.9 Å². The lowest BCUT2D eigenvalue weighted by Gasteiger charge is -2.28. The van der Waals surface area contributed by atoms with Crippen molar-refractivity contribution in [2.24, 2.45) is 0 Å². The van der Waals surface area contributed by atoms with Crippen LogP contribution in [0, 0.1) is 0 Å². The van der Waals surface area contributed by atoms with Gasteiger partial charge in [-0.15, -0.1) is 0 Å². The number of anilines is 2. The second kappa shape index (κ2) is 8.18. The van der Waals surface area contributed by atoms with Crippen molar-refractivity contribution in [2.45, 2.75) is 24.7 Å². The van der Waals surface area contributed by atoms with Gasteiger partial charge in [0.1, 0.15) is 10.6 Å². The predicted octanol–water partition coefficient (Wildman–Crippen LogP) is 3.47. The summed E-state index contributed by atoms with van der Waals surface area (Å²) in [5.41, 5.74) is 0.641. The maximum atomic E-state index is 13.0. The fraction of sp³-hybridized carbons (Fsp3) is 0.333. The second-order valence-corrected chi connectivity index (χ2v) is 10.4. The van der Waals surface area contributed by atoms with Crippen molar-refractivity contribution >= 4 is 43.0 Å². The smallest absolute Gasteiger partial charge is 0.265 e. The van der Waals surface area contributed by atoms with E-state index in [1.165, 1.54) is 16.4 Å². The SMILES string of the molecule is CCOc1ccc(N2CCCCS2(=O)=O)cc1S(=O)(=O)Nc1ccc(Cl)cc1. The number of benzene rings is 2. The number of rotatable bonds is 6. The van der Waals surface area contributed by atoms with Crippen LogP contribution in [0.25, 0.3) is 0 Å². The van der Waals surface area contributed by atoms with Crippen LogP contribution in [-0.2, 0) is 20.0 Å². The average molecular weight is 445 g/mol. The Labute approximate surface area is 170 Å². The van der Waals surface area contributed by atoms with Gasteiger partial charge >= 0.3 is 0 Å². The van der Waals surface area contributed by atoms with Gasteiger partial charge in [0.15, 0.2) is 0 Å². The van der Waals surface area contributed by atoms with Crippen molar-refractivity contribution in [1.29, 1.82) is 0 Å². The van der Waals surface area contributed by atoms with E-state index < -0.39 is 20.0 Å². The molecule has 2 aromatic carbocycles. The van der Waals surface area contributed by atoms with Crippen molar-refractivity contribution in [3.8, 4) is 5.75 Å². The summed E-state index contributed by atoms with van der Waals surface area (Å²) in [7, 11) is -7.48. The third-order valence-electron chi connectivity index (χ3n) is 4.25. The summed E-state index contributed by atoms with van der Waals surface area (Å²) in [6.45, 7) is 2.33. The molecule has 0 amide bonds. The van der Waals surface area contributed by atoms with Crippen LogP contribution in [0.5, 0.6) is 5.75 Å². The van der Waals surface area contributed by atoms with Gasteiger partial charge in [-0.25, -0.2) is 16.8 Å². The maximum Gasteiger partial charge on any atom is 0.265 e. The molecule has 0 spiro atoms. The molecule has 0 unspecified atom stereocenters. The molecule has 0 radical (unpaired) electrons. The van der Waals surface area contributed by atoms with Gasteiger partial charge in [-0.3, -0.25) is 9.03 Å². The molecule has 1 saturated heterocycles. The summed E-state index contributed by atoms with van der Waals surface area (Å²) < 4.78 is 60.0. The van der Waals surface area contributed by atoms with Crippen molar-refractivity contribution < 1.29 is 21.6 Å². The average Bonchev–Trinajstić information content (AvgIpc) is 2.64. The van der Waals surface area contributed by atoms with E-state index in [4.69, 9.17) is 16.3 Å². The Balaban J connectivity index is 2.02. The van der Waals surface area contributed by atoms with Gasteiger partial charge in [0.05, 0.1) is 18.0 Å².